The summed E-state index contributed by atoms with van der Waals surface area (Å²) >= 11 is 11.9. The van der Waals surface area contributed by atoms with Crippen molar-refractivity contribution in [3.8, 4) is 0 Å². The van der Waals surface area contributed by atoms with Crippen LogP contribution < -0.4 is 0 Å². The molecule has 0 aliphatic heterocycles. The molecule has 0 N–H and O–H groups in total. The average molecular weight is 337 g/mol. The number of imidazole rings is 1. The molecule has 1 atom stereocenters. The molecule has 5 heteroatoms. The number of allylic oxidation sites excluding steroid dienone is 1. The van der Waals surface area contributed by atoms with Crippen LogP contribution >= 0.6 is 23.2 Å². The van der Waals surface area contributed by atoms with E-state index in [0.717, 1.165) is 24.8 Å². The van der Waals surface area contributed by atoms with Crippen LogP contribution in [0.3, 0.4) is 0 Å². The molecule has 1 aromatic heterocycles. The molecule has 0 saturated carbocycles. The van der Waals surface area contributed by atoms with E-state index in [1.807, 2.05) is 16.8 Å². The van der Waals surface area contributed by atoms with E-state index < -0.39 is 0 Å². The van der Waals surface area contributed by atoms with Gasteiger partial charge in [-0.15, -0.1) is 0 Å². The number of carbonyl (C=O) groups excluding carboxylic acids is 1. The minimum Gasteiger partial charge on any atom is -0.327 e. The van der Waals surface area contributed by atoms with Crippen molar-refractivity contribution < 1.29 is 4.79 Å². The standard InChI is InChI=1S/C17H18Cl2N2O/c1-2-3-4-16(21-10-9-20-12-21)17(22)8-6-13-5-7-14(18)15(19)11-13/h5-12,16H,2-4H2,1H3. The van der Waals surface area contributed by atoms with Gasteiger partial charge in [-0.05, 0) is 30.2 Å². The fourth-order valence-corrected chi connectivity index (χ4v) is 2.50. The molecular weight excluding hydrogens is 319 g/mol. The van der Waals surface area contributed by atoms with Crippen LogP contribution in [0.1, 0.15) is 37.8 Å². The second kappa shape index (κ2) is 8.16. The van der Waals surface area contributed by atoms with Crippen LogP contribution in [-0.4, -0.2) is 15.3 Å². The number of rotatable bonds is 7. The van der Waals surface area contributed by atoms with Crippen molar-refractivity contribution in [1.82, 2.24) is 9.55 Å². The average Bonchev–Trinajstić information content (AvgIpc) is 3.03. The lowest BCUT2D eigenvalue weighted by atomic mass is 10.0. The Labute approximate surface area is 140 Å². The maximum absolute atomic E-state index is 12.5. The van der Waals surface area contributed by atoms with Gasteiger partial charge in [-0.2, -0.15) is 0 Å². The molecule has 3 nitrogen and oxygen atoms in total. The van der Waals surface area contributed by atoms with E-state index in [1.54, 1.807) is 36.8 Å². The molecule has 2 rings (SSSR count). The Bertz CT molecular complexity index is 651. The van der Waals surface area contributed by atoms with Gasteiger partial charge in [0.05, 0.1) is 22.4 Å². The lowest BCUT2D eigenvalue weighted by Gasteiger charge is -2.15. The van der Waals surface area contributed by atoms with Crippen LogP contribution in [0.5, 0.6) is 0 Å². The van der Waals surface area contributed by atoms with Gasteiger partial charge in [0.2, 0.25) is 0 Å². The molecule has 0 bridgehead atoms. The number of unbranched alkanes of at least 4 members (excludes halogenated alkanes) is 1. The summed E-state index contributed by atoms with van der Waals surface area (Å²) in [5.74, 6) is 0.0533. The zero-order valence-electron chi connectivity index (χ0n) is 12.4. The van der Waals surface area contributed by atoms with Crippen molar-refractivity contribution >= 4 is 35.1 Å². The fraction of sp³-hybridized carbons (Fsp3) is 0.294. The SMILES string of the molecule is CCCCC(C(=O)C=Cc1ccc(Cl)c(Cl)c1)n1ccnc1. The zero-order valence-corrected chi connectivity index (χ0v) is 13.9. The summed E-state index contributed by atoms with van der Waals surface area (Å²) in [6, 6.07) is 5.09. The Kier molecular flexibility index (Phi) is 6.22. The van der Waals surface area contributed by atoms with E-state index in [1.165, 1.54) is 0 Å². The van der Waals surface area contributed by atoms with Crippen LogP contribution in [-0.2, 0) is 4.79 Å². The normalized spacial score (nSPS) is 12.7. The summed E-state index contributed by atoms with van der Waals surface area (Å²) in [6.07, 6.45) is 11.4. The molecule has 116 valence electrons. The predicted octanol–water partition coefficient (Wildman–Crippen LogP) is 5.20. The van der Waals surface area contributed by atoms with Gasteiger partial charge in [-0.1, -0.05) is 55.1 Å². The summed E-state index contributed by atoms with van der Waals surface area (Å²) in [6.45, 7) is 2.11. The summed E-state index contributed by atoms with van der Waals surface area (Å²) in [4.78, 5) is 16.5. The molecule has 0 fully saturated rings. The topological polar surface area (TPSA) is 34.9 Å². The van der Waals surface area contributed by atoms with Crippen LogP contribution in [0.2, 0.25) is 10.0 Å². The number of hydrogen-bond acceptors (Lipinski definition) is 2. The van der Waals surface area contributed by atoms with Gasteiger partial charge in [-0.3, -0.25) is 4.79 Å². The minimum atomic E-state index is -0.207. The van der Waals surface area contributed by atoms with Gasteiger partial charge < -0.3 is 4.57 Å². The minimum absolute atomic E-state index is 0.0533. The molecule has 0 aliphatic carbocycles. The molecule has 1 unspecified atom stereocenters. The highest BCUT2D eigenvalue weighted by atomic mass is 35.5. The Balaban J connectivity index is 2.13. The molecule has 0 radical (unpaired) electrons. The van der Waals surface area contributed by atoms with Crippen molar-refractivity contribution in [2.45, 2.75) is 32.2 Å². The van der Waals surface area contributed by atoms with Crippen LogP contribution in [0.15, 0.2) is 43.0 Å². The first-order valence-corrected chi connectivity index (χ1v) is 8.02. The highest BCUT2D eigenvalue weighted by Crippen LogP contribution is 2.23. The van der Waals surface area contributed by atoms with Crippen molar-refractivity contribution in [1.29, 1.82) is 0 Å². The van der Waals surface area contributed by atoms with Gasteiger partial charge in [0, 0.05) is 12.4 Å². The maximum Gasteiger partial charge on any atom is 0.178 e. The Hall–Kier alpha value is -1.58. The molecule has 0 saturated heterocycles. The van der Waals surface area contributed by atoms with E-state index in [0.29, 0.717) is 10.0 Å². The van der Waals surface area contributed by atoms with E-state index in [2.05, 4.69) is 11.9 Å². The fourth-order valence-electron chi connectivity index (χ4n) is 2.20. The molecule has 0 amide bonds. The molecule has 2 aromatic rings. The van der Waals surface area contributed by atoms with Crippen molar-refractivity contribution in [3.05, 3.63) is 58.6 Å². The van der Waals surface area contributed by atoms with E-state index in [9.17, 15) is 4.79 Å². The smallest absolute Gasteiger partial charge is 0.178 e. The first kappa shape index (κ1) is 16.8. The van der Waals surface area contributed by atoms with E-state index in [4.69, 9.17) is 23.2 Å². The second-order valence-corrected chi connectivity index (χ2v) is 5.89. The van der Waals surface area contributed by atoms with Crippen molar-refractivity contribution in [2.24, 2.45) is 0 Å². The van der Waals surface area contributed by atoms with Gasteiger partial charge in [0.15, 0.2) is 5.78 Å². The third kappa shape index (κ3) is 4.46. The number of carbonyl (C=O) groups is 1. The van der Waals surface area contributed by atoms with Crippen LogP contribution in [0.4, 0.5) is 0 Å². The Morgan fingerprint density at radius 3 is 2.82 bits per heavy atom. The maximum atomic E-state index is 12.5. The number of ketones is 1. The van der Waals surface area contributed by atoms with Crippen molar-refractivity contribution in [2.75, 3.05) is 0 Å². The first-order chi connectivity index (χ1) is 10.6. The van der Waals surface area contributed by atoms with Gasteiger partial charge in [-0.25, -0.2) is 4.98 Å². The van der Waals surface area contributed by atoms with Gasteiger partial charge in [0.1, 0.15) is 0 Å². The number of nitrogens with zero attached hydrogens (tertiary/aromatic N) is 2. The zero-order chi connectivity index (χ0) is 15.9. The highest BCUT2D eigenvalue weighted by Gasteiger charge is 2.16. The molecule has 22 heavy (non-hydrogen) atoms. The van der Waals surface area contributed by atoms with Crippen molar-refractivity contribution in [3.63, 3.8) is 0 Å². The van der Waals surface area contributed by atoms with E-state index >= 15 is 0 Å². The summed E-state index contributed by atoms with van der Waals surface area (Å²) < 4.78 is 1.86. The number of benzene rings is 1. The van der Waals surface area contributed by atoms with Crippen LogP contribution in [0.25, 0.3) is 6.08 Å². The summed E-state index contributed by atoms with van der Waals surface area (Å²) in [7, 11) is 0. The third-order valence-corrected chi connectivity index (χ3v) is 4.17. The monoisotopic (exact) mass is 336 g/mol. The number of aromatic nitrogens is 2. The largest absolute Gasteiger partial charge is 0.327 e. The Morgan fingerprint density at radius 2 is 2.18 bits per heavy atom. The first-order valence-electron chi connectivity index (χ1n) is 7.26. The predicted molar refractivity (Wildman–Crippen MR) is 91.3 cm³/mol. The molecule has 1 heterocycles. The lowest BCUT2D eigenvalue weighted by Crippen LogP contribution is -2.16. The molecule has 0 aliphatic rings. The molecule has 1 aromatic carbocycles. The Morgan fingerprint density at radius 1 is 1.36 bits per heavy atom. The second-order valence-electron chi connectivity index (χ2n) is 5.08. The summed E-state index contributed by atoms with van der Waals surface area (Å²) in [5, 5.41) is 0.984. The highest BCUT2D eigenvalue weighted by molar-refractivity contribution is 6.42. The number of halogens is 2. The van der Waals surface area contributed by atoms with Crippen LogP contribution in [0, 0.1) is 0 Å². The number of hydrogen-bond donors (Lipinski definition) is 0. The lowest BCUT2D eigenvalue weighted by molar-refractivity contribution is -0.117. The third-order valence-electron chi connectivity index (χ3n) is 3.43. The molecular formula is C17H18Cl2N2O. The van der Waals surface area contributed by atoms with Gasteiger partial charge >= 0.3 is 0 Å². The summed E-state index contributed by atoms with van der Waals surface area (Å²) in [5.41, 5.74) is 0.850. The van der Waals surface area contributed by atoms with Gasteiger partial charge in [0.25, 0.3) is 0 Å². The van der Waals surface area contributed by atoms with E-state index in [-0.39, 0.29) is 11.8 Å². The molecule has 0 spiro atoms. The quantitative estimate of drug-likeness (QED) is 0.651.